The molecular weight excluding hydrogens is 392 g/mol. The monoisotopic (exact) mass is 416 g/mol. The van der Waals surface area contributed by atoms with Gasteiger partial charge in [-0.25, -0.2) is 4.79 Å². The third-order valence-corrected chi connectivity index (χ3v) is 6.07. The van der Waals surface area contributed by atoms with Gasteiger partial charge in [-0.3, -0.25) is 14.9 Å². The number of nitrogens with zero attached hydrogens (tertiary/aromatic N) is 1. The van der Waals surface area contributed by atoms with Gasteiger partial charge >= 0.3 is 5.97 Å². The lowest BCUT2D eigenvalue weighted by Crippen LogP contribution is -2.17. The average molecular weight is 416 g/mol. The van der Waals surface area contributed by atoms with Crippen molar-refractivity contribution in [2.75, 3.05) is 5.32 Å². The molecule has 154 valence electrons. The highest BCUT2D eigenvalue weighted by Gasteiger charge is 2.27. The zero-order valence-electron chi connectivity index (χ0n) is 16.7. The highest BCUT2D eigenvalue weighted by molar-refractivity contribution is 7.17. The fraction of sp³-hybridized carbons (Fsp3) is 0.429. The molecule has 1 aliphatic carbocycles. The predicted molar refractivity (Wildman–Crippen MR) is 112 cm³/mol. The zero-order chi connectivity index (χ0) is 21.1. The second kappa shape index (κ2) is 8.73. The van der Waals surface area contributed by atoms with Gasteiger partial charge in [0.1, 0.15) is 5.00 Å². The van der Waals surface area contributed by atoms with Gasteiger partial charge in [0, 0.05) is 22.1 Å². The standard InChI is InChI=1S/C21H24N2O5S/c1-12(2)28-21(25)18-15-7-5-4-6-8-17(15)29-20(18)22-19(24)14-10-9-13(3)16(11-14)23(26)27/h9-12H,4-8H2,1-3H3,(H,22,24). The molecule has 0 spiro atoms. The van der Waals surface area contributed by atoms with E-state index in [1.807, 2.05) is 0 Å². The summed E-state index contributed by atoms with van der Waals surface area (Å²) in [7, 11) is 0. The maximum atomic E-state index is 12.8. The second-order valence-corrected chi connectivity index (χ2v) is 8.54. The van der Waals surface area contributed by atoms with Crippen LogP contribution in [0.4, 0.5) is 10.7 Å². The summed E-state index contributed by atoms with van der Waals surface area (Å²) in [5.74, 6) is -0.923. The molecule has 1 aliphatic rings. The number of carbonyl (C=O) groups excluding carboxylic acids is 2. The SMILES string of the molecule is Cc1ccc(C(=O)Nc2sc3c(c2C(=O)OC(C)C)CCCCC3)cc1[N+](=O)[O-]. The number of esters is 1. The van der Waals surface area contributed by atoms with Crippen molar-refractivity contribution in [2.24, 2.45) is 0 Å². The summed E-state index contributed by atoms with van der Waals surface area (Å²) in [5.41, 5.74) is 1.93. The van der Waals surface area contributed by atoms with E-state index in [9.17, 15) is 19.7 Å². The Morgan fingerprint density at radius 2 is 1.93 bits per heavy atom. The molecule has 0 aliphatic heterocycles. The number of anilines is 1. The molecule has 1 aromatic heterocycles. The topological polar surface area (TPSA) is 98.5 Å². The zero-order valence-corrected chi connectivity index (χ0v) is 17.6. The fourth-order valence-electron chi connectivity index (χ4n) is 3.44. The first-order valence-electron chi connectivity index (χ1n) is 9.69. The van der Waals surface area contributed by atoms with E-state index in [1.54, 1.807) is 32.9 Å². The second-order valence-electron chi connectivity index (χ2n) is 7.44. The van der Waals surface area contributed by atoms with Crippen molar-refractivity contribution in [1.82, 2.24) is 0 Å². The first-order chi connectivity index (χ1) is 13.8. The molecule has 0 bridgehead atoms. The number of nitrogens with one attached hydrogen (secondary N) is 1. The first-order valence-corrected chi connectivity index (χ1v) is 10.5. The maximum Gasteiger partial charge on any atom is 0.341 e. The molecule has 29 heavy (non-hydrogen) atoms. The smallest absolute Gasteiger partial charge is 0.341 e. The Labute approximate surface area is 173 Å². The van der Waals surface area contributed by atoms with Crippen LogP contribution in [-0.2, 0) is 17.6 Å². The molecule has 0 fully saturated rings. The van der Waals surface area contributed by atoms with Crippen LogP contribution in [0.3, 0.4) is 0 Å². The molecule has 1 amide bonds. The van der Waals surface area contributed by atoms with Crippen LogP contribution in [0, 0.1) is 17.0 Å². The van der Waals surface area contributed by atoms with Gasteiger partial charge < -0.3 is 10.1 Å². The molecule has 0 unspecified atom stereocenters. The summed E-state index contributed by atoms with van der Waals surface area (Å²) < 4.78 is 5.42. The summed E-state index contributed by atoms with van der Waals surface area (Å²) in [6.07, 6.45) is 4.52. The Balaban J connectivity index is 1.96. The van der Waals surface area contributed by atoms with E-state index >= 15 is 0 Å². The number of nitro groups is 1. The quantitative estimate of drug-likeness (QED) is 0.318. The molecule has 0 saturated carbocycles. The maximum absolute atomic E-state index is 12.8. The largest absolute Gasteiger partial charge is 0.459 e. The molecule has 1 heterocycles. The average Bonchev–Trinajstić information content (AvgIpc) is 2.82. The number of ether oxygens (including phenoxy) is 1. The molecule has 7 nitrogen and oxygen atoms in total. The number of nitro benzene ring substituents is 1. The lowest BCUT2D eigenvalue weighted by molar-refractivity contribution is -0.385. The summed E-state index contributed by atoms with van der Waals surface area (Å²) in [4.78, 5) is 37.3. The van der Waals surface area contributed by atoms with E-state index in [4.69, 9.17) is 4.74 Å². The van der Waals surface area contributed by atoms with Gasteiger partial charge in [-0.15, -0.1) is 11.3 Å². The van der Waals surface area contributed by atoms with Gasteiger partial charge in [0.2, 0.25) is 0 Å². The molecule has 0 radical (unpaired) electrons. The molecule has 1 aromatic carbocycles. The van der Waals surface area contributed by atoms with Crippen LogP contribution in [0.5, 0.6) is 0 Å². The minimum Gasteiger partial charge on any atom is -0.459 e. The number of fused-ring (bicyclic) bond motifs is 1. The Kier molecular flexibility index (Phi) is 6.32. The van der Waals surface area contributed by atoms with Crippen molar-refractivity contribution in [1.29, 1.82) is 0 Å². The third kappa shape index (κ3) is 4.64. The van der Waals surface area contributed by atoms with E-state index in [0.717, 1.165) is 42.5 Å². The van der Waals surface area contributed by atoms with Gasteiger partial charge in [0.05, 0.1) is 16.6 Å². The molecule has 2 aromatic rings. The van der Waals surface area contributed by atoms with Gasteiger partial charge in [-0.2, -0.15) is 0 Å². The summed E-state index contributed by atoms with van der Waals surface area (Å²) >= 11 is 1.40. The Morgan fingerprint density at radius 3 is 2.62 bits per heavy atom. The minimum atomic E-state index is -0.509. The predicted octanol–water partition coefficient (Wildman–Crippen LogP) is 5.05. The van der Waals surface area contributed by atoms with E-state index < -0.39 is 16.8 Å². The number of hydrogen-bond donors (Lipinski definition) is 1. The Hall–Kier alpha value is -2.74. The van der Waals surface area contributed by atoms with Gasteiger partial charge in [0.25, 0.3) is 11.6 Å². The van der Waals surface area contributed by atoms with Crippen LogP contribution < -0.4 is 5.32 Å². The number of carbonyl (C=O) groups is 2. The lowest BCUT2D eigenvalue weighted by Gasteiger charge is -2.11. The molecule has 0 atom stereocenters. The van der Waals surface area contributed by atoms with Crippen LogP contribution in [0.2, 0.25) is 0 Å². The van der Waals surface area contributed by atoms with Crippen molar-refractivity contribution in [2.45, 2.75) is 59.0 Å². The number of hydrogen-bond acceptors (Lipinski definition) is 6. The van der Waals surface area contributed by atoms with E-state index in [1.165, 1.54) is 17.4 Å². The summed E-state index contributed by atoms with van der Waals surface area (Å²) in [6, 6.07) is 4.35. The first kappa shape index (κ1) is 21.0. The minimum absolute atomic E-state index is 0.112. The highest BCUT2D eigenvalue weighted by Crippen LogP contribution is 2.38. The molecule has 0 saturated heterocycles. The number of amides is 1. The number of rotatable bonds is 5. The number of thiophene rings is 1. The Bertz CT molecular complexity index is 964. The molecule has 1 N–H and O–H groups in total. The summed E-state index contributed by atoms with van der Waals surface area (Å²) in [6.45, 7) is 5.19. The summed E-state index contributed by atoms with van der Waals surface area (Å²) in [5, 5.41) is 14.4. The van der Waals surface area contributed by atoms with Crippen LogP contribution in [0.25, 0.3) is 0 Å². The number of aryl methyl sites for hydroxylation is 2. The van der Waals surface area contributed by atoms with Crippen molar-refractivity contribution < 1.29 is 19.2 Å². The van der Waals surface area contributed by atoms with Crippen molar-refractivity contribution in [3.05, 3.63) is 55.4 Å². The highest BCUT2D eigenvalue weighted by atomic mass is 32.1. The van der Waals surface area contributed by atoms with Crippen LogP contribution in [0.1, 0.15) is 69.8 Å². The van der Waals surface area contributed by atoms with Gasteiger partial charge in [-0.1, -0.05) is 12.5 Å². The van der Waals surface area contributed by atoms with Crippen LogP contribution in [-0.4, -0.2) is 22.9 Å². The van der Waals surface area contributed by atoms with E-state index in [2.05, 4.69) is 5.32 Å². The van der Waals surface area contributed by atoms with Gasteiger partial charge in [-0.05, 0) is 58.1 Å². The number of benzene rings is 1. The van der Waals surface area contributed by atoms with Crippen LogP contribution in [0.15, 0.2) is 18.2 Å². The Morgan fingerprint density at radius 1 is 1.21 bits per heavy atom. The molecular formula is C21H24N2O5S. The van der Waals surface area contributed by atoms with E-state index in [-0.39, 0.29) is 17.4 Å². The van der Waals surface area contributed by atoms with E-state index in [0.29, 0.717) is 16.1 Å². The fourth-order valence-corrected chi connectivity index (χ4v) is 4.71. The van der Waals surface area contributed by atoms with Crippen molar-refractivity contribution >= 4 is 33.9 Å². The van der Waals surface area contributed by atoms with Crippen molar-refractivity contribution in [3.8, 4) is 0 Å². The lowest BCUT2D eigenvalue weighted by atomic mass is 10.1. The third-order valence-electron chi connectivity index (χ3n) is 4.86. The van der Waals surface area contributed by atoms with Crippen molar-refractivity contribution in [3.63, 3.8) is 0 Å². The normalized spacial score (nSPS) is 13.5. The van der Waals surface area contributed by atoms with Crippen LogP contribution >= 0.6 is 11.3 Å². The van der Waals surface area contributed by atoms with Gasteiger partial charge in [0.15, 0.2) is 0 Å². The molecule has 3 rings (SSSR count). The molecule has 8 heteroatoms.